The molecule has 3 nitrogen and oxygen atoms in total. The molecule has 1 fully saturated rings. The summed E-state index contributed by atoms with van der Waals surface area (Å²) in [6.45, 7) is 0.432. The highest BCUT2D eigenvalue weighted by atomic mass is 16.1. The average molecular weight is 258 g/mol. The number of nitrogens with one attached hydrogen (secondary N) is 2. The van der Waals surface area contributed by atoms with Crippen molar-refractivity contribution in [3.8, 4) is 0 Å². The van der Waals surface area contributed by atoms with Crippen LogP contribution in [0.5, 0.6) is 0 Å². The maximum Gasteiger partial charge on any atom is 0.238 e. The van der Waals surface area contributed by atoms with Gasteiger partial charge in [0, 0.05) is 11.7 Å². The minimum absolute atomic E-state index is 0.0739. The molecule has 1 aromatic carbocycles. The molecule has 2 aliphatic rings. The molecule has 0 aliphatic heterocycles. The van der Waals surface area contributed by atoms with Crippen LogP contribution in [0, 0.1) is 0 Å². The lowest BCUT2D eigenvalue weighted by atomic mass is 10.1. The topological polar surface area (TPSA) is 41.1 Å². The molecule has 0 radical (unpaired) electrons. The Bertz CT molecular complexity index is 464. The van der Waals surface area contributed by atoms with Crippen LogP contribution in [0.25, 0.3) is 0 Å². The number of rotatable bonds is 4. The van der Waals surface area contributed by atoms with E-state index in [4.69, 9.17) is 0 Å². The van der Waals surface area contributed by atoms with Gasteiger partial charge in [-0.05, 0) is 55.4 Å². The van der Waals surface area contributed by atoms with Crippen LogP contribution in [0.1, 0.15) is 43.2 Å². The Labute approximate surface area is 114 Å². The van der Waals surface area contributed by atoms with Gasteiger partial charge < -0.3 is 10.6 Å². The van der Waals surface area contributed by atoms with Crippen LogP contribution in [0.4, 0.5) is 5.69 Å². The molecule has 0 unspecified atom stereocenters. The number of anilines is 1. The monoisotopic (exact) mass is 258 g/mol. The summed E-state index contributed by atoms with van der Waals surface area (Å²) >= 11 is 0. The molecular formula is C16H22N2O. The summed E-state index contributed by atoms with van der Waals surface area (Å²) in [5.41, 5.74) is 3.79. The summed E-state index contributed by atoms with van der Waals surface area (Å²) in [5.74, 6) is 0.0739. The first-order chi connectivity index (χ1) is 9.31. The minimum Gasteiger partial charge on any atom is -0.325 e. The predicted molar refractivity (Wildman–Crippen MR) is 77.4 cm³/mol. The molecule has 0 saturated heterocycles. The Kier molecular flexibility index (Phi) is 3.83. The van der Waals surface area contributed by atoms with Gasteiger partial charge in [0.15, 0.2) is 0 Å². The van der Waals surface area contributed by atoms with Gasteiger partial charge in [0.05, 0.1) is 6.54 Å². The van der Waals surface area contributed by atoms with Crippen LogP contribution in [0.3, 0.4) is 0 Å². The summed E-state index contributed by atoms with van der Waals surface area (Å²) in [6, 6.07) is 6.86. The first kappa shape index (κ1) is 12.7. The number of amides is 1. The third-order valence-corrected chi connectivity index (χ3v) is 4.29. The van der Waals surface area contributed by atoms with E-state index in [-0.39, 0.29) is 5.91 Å². The molecule has 3 heteroatoms. The summed E-state index contributed by atoms with van der Waals surface area (Å²) in [7, 11) is 0. The van der Waals surface area contributed by atoms with Crippen molar-refractivity contribution < 1.29 is 4.79 Å². The zero-order valence-electron chi connectivity index (χ0n) is 11.4. The van der Waals surface area contributed by atoms with E-state index in [2.05, 4.69) is 22.8 Å². The van der Waals surface area contributed by atoms with Crippen LogP contribution < -0.4 is 10.6 Å². The van der Waals surface area contributed by atoms with Gasteiger partial charge in [-0.2, -0.15) is 0 Å². The van der Waals surface area contributed by atoms with E-state index in [9.17, 15) is 4.79 Å². The van der Waals surface area contributed by atoms with Crippen molar-refractivity contribution >= 4 is 11.6 Å². The standard InChI is InChI=1S/C16H22N2O/c19-16(11-17-14-6-1-2-7-14)18-15-9-8-12-4-3-5-13(12)10-15/h8-10,14,17H,1-7,11H2,(H,18,19). The SMILES string of the molecule is O=C(CNC1CCCC1)Nc1ccc2c(c1)CCC2. The van der Waals surface area contributed by atoms with Crippen molar-refractivity contribution in [2.24, 2.45) is 0 Å². The van der Waals surface area contributed by atoms with Gasteiger partial charge in [-0.3, -0.25) is 4.79 Å². The van der Waals surface area contributed by atoms with Crippen LogP contribution >= 0.6 is 0 Å². The second-order valence-electron chi connectivity index (χ2n) is 5.75. The fraction of sp³-hybridized carbons (Fsp3) is 0.562. The van der Waals surface area contributed by atoms with Crippen LogP contribution in [0.2, 0.25) is 0 Å². The molecule has 1 amide bonds. The van der Waals surface area contributed by atoms with E-state index in [1.165, 1.54) is 49.7 Å². The second-order valence-corrected chi connectivity index (χ2v) is 5.75. The molecule has 3 rings (SSSR count). The van der Waals surface area contributed by atoms with Crippen LogP contribution in [-0.2, 0) is 17.6 Å². The second kappa shape index (κ2) is 5.74. The molecule has 102 valence electrons. The zero-order chi connectivity index (χ0) is 13.1. The average Bonchev–Trinajstić information content (AvgIpc) is 3.07. The fourth-order valence-corrected chi connectivity index (χ4v) is 3.22. The number of hydrogen-bond acceptors (Lipinski definition) is 2. The molecule has 0 heterocycles. The Hall–Kier alpha value is -1.35. The minimum atomic E-state index is 0.0739. The molecule has 0 bridgehead atoms. The molecule has 1 saturated carbocycles. The van der Waals surface area contributed by atoms with Gasteiger partial charge in [-0.25, -0.2) is 0 Å². The molecule has 2 aliphatic carbocycles. The van der Waals surface area contributed by atoms with Crippen molar-refractivity contribution in [3.63, 3.8) is 0 Å². The summed E-state index contributed by atoms with van der Waals surface area (Å²) in [5, 5.41) is 6.34. The molecule has 19 heavy (non-hydrogen) atoms. The van der Waals surface area contributed by atoms with Crippen molar-refractivity contribution in [1.29, 1.82) is 0 Å². The lowest BCUT2D eigenvalue weighted by molar-refractivity contribution is -0.115. The first-order valence-electron chi connectivity index (χ1n) is 7.46. The zero-order valence-corrected chi connectivity index (χ0v) is 11.4. The third-order valence-electron chi connectivity index (χ3n) is 4.29. The Morgan fingerprint density at radius 1 is 1.11 bits per heavy atom. The summed E-state index contributed by atoms with van der Waals surface area (Å²) in [4.78, 5) is 11.9. The van der Waals surface area contributed by atoms with Gasteiger partial charge in [-0.15, -0.1) is 0 Å². The molecule has 0 atom stereocenters. The first-order valence-corrected chi connectivity index (χ1v) is 7.46. The lowest BCUT2D eigenvalue weighted by Crippen LogP contribution is -2.34. The highest BCUT2D eigenvalue weighted by Crippen LogP contribution is 2.24. The maximum atomic E-state index is 11.9. The normalized spacial score (nSPS) is 18.5. The van der Waals surface area contributed by atoms with Crippen LogP contribution in [0.15, 0.2) is 18.2 Å². The Morgan fingerprint density at radius 3 is 2.74 bits per heavy atom. The van der Waals surface area contributed by atoms with E-state index in [0.717, 1.165) is 12.1 Å². The van der Waals surface area contributed by atoms with Gasteiger partial charge >= 0.3 is 0 Å². The summed E-state index contributed by atoms with van der Waals surface area (Å²) in [6.07, 6.45) is 8.61. The number of carbonyl (C=O) groups is 1. The van der Waals surface area contributed by atoms with E-state index >= 15 is 0 Å². The third kappa shape index (κ3) is 3.16. The van der Waals surface area contributed by atoms with Crippen molar-refractivity contribution in [2.45, 2.75) is 51.0 Å². The van der Waals surface area contributed by atoms with E-state index in [0.29, 0.717) is 12.6 Å². The maximum absolute atomic E-state index is 11.9. The fourth-order valence-electron chi connectivity index (χ4n) is 3.22. The predicted octanol–water partition coefficient (Wildman–Crippen LogP) is 2.65. The highest BCUT2D eigenvalue weighted by molar-refractivity contribution is 5.92. The quantitative estimate of drug-likeness (QED) is 0.871. The molecular weight excluding hydrogens is 236 g/mol. The van der Waals surface area contributed by atoms with E-state index < -0.39 is 0 Å². The number of carbonyl (C=O) groups excluding carboxylic acids is 1. The van der Waals surface area contributed by atoms with Gasteiger partial charge in [0.2, 0.25) is 5.91 Å². The number of fused-ring (bicyclic) bond motifs is 1. The van der Waals surface area contributed by atoms with E-state index in [1.54, 1.807) is 0 Å². The van der Waals surface area contributed by atoms with Gasteiger partial charge in [-0.1, -0.05) is 18.9 Å². The Morgan fingerprint density at radius 2 is 1.89 bits per heavy atom. The molecule has 0 spiro atoms. The van der Waals surface area contributed by atoms with Crippen molar-refractivity contribution in [2.75, 3.05) is 11.9 Å². The largest absolute Gasteiger partial charge is 0.325 e. The number of benzene rings is 1. The van der Waals surface area contributed by atoms with Crippen LogP contribution in [-0.4, -0.2) is 18.5 Å². The molecule has 2 N–H and O–H groups in total. The highest BCUT2D eigenvalue weighted by Gasteiger charge is 2.16. The van der Waals surface area contributed by atoms with Crippen molar-refractivity contribution in [3.05, 3.63) is 29.3 Å². The smallest absolute Gasteiger partial charge is 0.238 e. The van der Waals surface area contributed by atoms with Crippen molar-refractivity contribution in [1.82, 2.24) is 5.32 Å². The lowest BCUT2D eigenvalue weighted by Gasteiger charge is -2.12. The van der Waals surface area contributed by atoms with E-state index in [1.807, 2.05) is 6.07 Å². The van der Waals surface area contributed by atoms with Gasteiger partial charge in [0.25, 0.3) is 0 Å². The summed E-state index contributed by atoms with van der Waals surface area (Å²) < 4.78 is 0. The van der Waals surface area contributed by atoms with Gasteiger partial charge in [0.1, 0.15) is 0 Å². The molecule has 1 aromatic rings. The number of hydrogen-bond donors (Lipinski definition) is 2. The number of aryl methyl sites for hydroxylation is 2. The molecule has 0 aromatic heterocycles. The Balaban J connectivity index is 1.51.